The van der Waals surface area contributed by atoms with Crippen LogP contribution in [0.25, 0.3) is 0 Å². The van der Waals surface area contributed by atoms with Gasteiger partial charge in [0.25, 0.3) is 0 Å². The predicted octanol–water partition coefficient (Wildman–Crippen LogP) is 3.82. The summed E-state index contributed by atoms with van der Waals surface area (Å²) in [5, 5.41) is 11.6. The first-order valence-corrected chi connectivity index (χ1v) is 9.05. The van der Waals surface area contributed by atoms with Crippen LogP contribution in [0, 0.1) is 5.41 Å². The van der Waals surface area contributed by atoms with E-state index in [1.807, 2.05) is 6.07 Å². The molecule has 0 bridgehead atoms. The van der Waals surface area contributed by atoms with E-state index in [1.54, 1.807) is 0 Å². The molecule has 0 aromatic heterocycles. The van der Waals surface area contributed by atoms with Gasteiger partial charge in [-0.2, -0.15) is 0 Å². The predicted molar refractivity (Wildman–Crippen MR) is 94.0 cm³/mol. The monoisotopic (exact) mass is 317 g/mol. The number of hydrogen-bond acceptors (Lipinski definition) is 3. The average Bonchev–Trinajstić information content (AvgIpc) is 2.79. The number of hydrogen-bond donors (Lipinski definition) is 1. The third kappa shape index (κ3) is 3.01. The third-order valence-electron chi connectivity index (χ3n) is 6.23. The Morgan fingerprint density at radius 2 is 1.91 bits per heavy atom. The second-order valence-electron chi connectivity index (χ2n) is 7.97. The molecule has 2 fully saturated rings. The number of ether oxygens (including phenoxy) is 1. The molecule has 3 unspecified atom stereocenters. The molecule has 3 heteroatoms. The molecule has 23 heavy (non-hydrogen) atoms. The van der Waals surface area contributed by atoms with Crippen LogP contribution in [0.4, 0.5) is 0 Å². The molecule has 3 atom stereocenters. The summed E-state index contributed by atoms with van der Waals surface area (Å²) < 4.78 is 6.07. The van der Waals surface area contributed by atoms with Crippen molar-refractivity contribution in [3.8, 4) is 5.75 Å². The normalized spacial score (nSPS) is 33.7. The van der Waals surface area contributed by atoms with Crippen LogP contribution in [0.2, 0.25) is 0 Å². The molecule has 2 aliphatic carbocycles. The van der Waals surface area contributed by atoms with Gasteiger partial charge in [0.1, 0.15) is 12.4 Å². The molecule has 1 aromatic carbocycles. The largest absolute Gasteiger partial charge is 0.492 e. The molecule has 0 radical (unpaired) electrons. The second kappa shape index (κ2) is 6.45. The van der Waals surface area contributed by atoms with E-state index in [-0.39, 0.29) is 11.3 Å². The van der Waals surface area contributed by atoms with Gasteiger partial charge in [0, 0.05) is 18.0 Å². The molecular weight excluding hydrogens is 286 g/mol. The van der Waals surface area contributed by atoms with Gasteiger partial charge in [-0.05, 0) is 51.3 Å². The Morgan fingerprint density at radius 1 is 1.17 bits per heavy atom. The van der Waals surface area contributed by atoms with Crippen LogP contribution >= 0.6 is 0 Å². The molecule has 1 N–H and O–H groups in total. The minimum absolute atomic E-state index is 0.0761. The van der Waals surface area contributed by atoms with Gasteiger partial charge < -0.3 is 14.7 Å². The van der Waals surface area contributed by atoms with Gasteiger partial charge in [0.2, 0.25) is 0 Å². The van der Waals surface area contributed by atoms with E-state index >= 15 is 0 Å². The van der Waals surface area contributed by atoms with E-state index in [9.17, 15) is 5.11 Å². The second-order valence-corrected chi connectivity index (χ2v) is 7.97. The van der Waals surface area contributed by atoms with E-state index in [1.165, 1.54) is 12.0 Å². The first-order chi connectivity index (χ1) is 11.0. The number of rotatable bonds is 5. The lowest BCUT2D eigenvalue weighted by molar-refractivity contribution is -0.0935. The number of aliphatic hydroxyl groups is 1. The SMILES string of the molecule is CN(C)CCOc1ccccc1C1CCC2(C)CCCCC12O. The van der Waals surface area contributed by atoms with Crippen LogP contribution in [0.15, 0.2) is 24.3 Å². The highest BCUT2D eigenvalue weighted by Crippen LogP contribution is 2.61. The van der Waals surface area contributed by atoms with Crippen LogP contribution in [0.1, 0.15) is 56.9 Å². The lowest BCUT2D eigenvalue weighted by Gasteiger charge is -2.47. The van der Waals surface area contributed by atoms with Crippen molar-refractivity contribution < 1.29 is 9.84 Å². The number of benzene rings is 1. The van der Waals surface area contributed by atoms with Crippen LogP contribution < -0.4 is 4.74 Å². The standard InChI is InChI=1S/C20H31NO2/c1-19-11-6-7-12-20(19,22)17(10-13-19)16-8-4-5-9-18(16)23-15-14-21(2)3/h4-5,8-9,17,22H,6-7,10-15H2,1-3H3. The van der Waals surface area contributed by atoms with Gasteiger partial charge in [0.15, 0.2) is 0 Å². The Hall–Kier alpha value is -1.06. The molecule has 2 aliphatic rings. The quantitative estimate of drug-likeness (QED) is 0.896. The third-order valence-corrected chi connectivity index (χ3v) is 6.23. The van der Waals surface area contributed by atoms with Gasteiger partial charge in [0.05, 0.1) is 5.60 Å². The number of fused-ring (bicyclic) bond motifs is 1. The molecule has 0 spiro atoms. The van der Waals surface area contributed by atoms with Gasteiger partial charge in [-0.3, -0.25) is 0 Å². The highest BCUT2D eigenvalue weighted by atomic mass is 16.5. The van der Waals surface area contributed by atoms with E-state index in [0.29, 0.717) is 6.61 Å². The van der Waals surface area contributed by atoms with Crippen LogP contribution in [0.5, 0.6) is 5.75 Å². The van der Waals surface area contributed by atoms with Crippen molar-refractivity contribution in [3.63, 3.8) is 0 Å². The first kappa shape index (κ1) is 16.8. The van der Waals surface area contributed by atoms with Crippen molar-refractivity contribution >= 4 is 0 Å². The minimum atomic E-state index is -0.563. The van der Waals surface area contributed by atoms with Gasteiger partial charge in [-0.15, -0.1) is 0 Å². The van der Waals surface area contributed by atoms with E-state index < -0.39 is 5.60 Å². The Kier molecular flexibility index (Phi) is 4.70. The zero-order valence-corrected chi connectivity index (χ0v) is 14.8. The molecule has 3 nitrogen and oxygen atoms in total. The van der Waals surface area contributed by atoms with Crippen molar-refractivity contribution in [2.24, 2.45) is 5.41 Å². The maximum absolute atomic E-state index is 11.6. The lowest BCUT2D eigenvalue weighted by atomic mass is 9.63. The maximum Gasteiger partial charge on any atom is 0.122 e. The average molecular weight is 317 g/mol. The van der Waals surface area contributed by atoms with Gasteiger partial charge in [-0.25, -0.2) is 0 Å². The summed E-state index contributed by atoms with van der Waals surface area (Å²) in [4.78, 5) is 2.13. The Balaban J connectivity index is 1.84. The Labute approximate surface area is 140 Å². The van der Waals surface area contributed by atoms with E-state index in [0.717, 1.165) is 44.4 Å². The molecule has 0 aliphatic heterocycles. The zero-order chi connectivity index (χ0) is 16.5. The summed E-state index contributed by atoms with van der Waals surface area (Å²) in [6.45, 7) is 3.88. The molecule has 0 saturated heterocycles. The van der Waals surface area contributed by atoms with E-state index in [2.05, 4.69) is 44.1 Å². The molecule has 2 saturated carbocycles. The number of nitrogens with zero attached hydrogens (tertiary/aromatic N) is 1. The first-order valence-electron chi connectivity index (χ1n) is 9.05. The van der Waals surface area contributed by atoms with Crippen LogP contribution in [0.3, 0.4) is 0 Å². The lowest BCUT2D eigenvalue weighted by Crippen LogP contribution is -2.48. The fourth-order valence-electron chi connectivity index (χ4n) is 4.72. The molecule has 1 aromatic rings. The highest BCUT2D eigenvalue weighted by molar-refractivity contribution is 5.40. The summed E-state index contributed by atoms with van der Waals surface area (Å²) >= 11 is 0. The molecule has 0 heterocycles. The van der Waals surface area contributed by atoms with Gasteiger partial charge in [-0.1, -0.05) is 38.0 Å². The summed E-state index contributed by atoms with van der Waals surface area (Å²) in [6.07, 6.45) is 6.68. The zero-order valence-electron chi connectivity index (χ0n) is 14.8. The smallest absolute Gasteiger partial charge is 0.122 e. The summed E-state index contributed by atoms with van der Waals surface area (Å²) in [5.74, 6) is 1.17. The van der Waals surface area contributed by atoms with Crippen molar-refractivity contribution in [2.45, 2.75) is 57.0 Å². The highest BCUT2D eigenvalue weighted by Gasteiger charge is 2.58. The fourth-order valence-corrected chi connectivity index (χ4v) is 4.72. The van der Waals surface area contributed by atoms with Crippen LogP contribution in [-0.4, -0.2) is 42.9 Å². The van der Waals surface area contributed by atoms with Crippen molar-refractivity contribution in [1.29, 1.82) is 0 Å². The Bertz CT molecular complexity index is 544. The summed E-state index contributed by atoms with van der Waals surface area (Å²) in [7, 11) is 4.12. The van der Waals surface area contributed by atoms with Crippen molar-refractivity contribution in [2.75, 3.05) is 27.2 Å². The van der Waals surface area contributed by atoms with Crippen LogP contribution in [-0.2, 0) is 0 Å². The molecule has 128 valence electrons. The minimum Gasteiger partial charge on any atom is -0.492 e. The maximum atomic E-state index is 11.6. The molecular formula is C20H31NO2. The molecule has 3 rings (SSSR count). The van der Waals surface area contributed by atoms with Crippen molar-refractivity contribution in [3.05, 3.63) is 29.8 Å². The van der Waals surface area contributed by atoms with Gasteiger partial charge >= 0.3 is 0 Å². The summed E-state index contributed by atoms with van der Waals surface area (Å²) in [5.41, 5.74) is 0.721. The van der Waals surface area contributed by atoms with Crippen molar-refractivity contribution in [1.82, 2.24) is 4.90 Å². The Morgan fingerprint density at radius 3 is 2.70 bits per heavy atom. The number of likely N-dealkylation sites (N-methyl/N-ethyl adjacent to an activating group) is 1. The topological polar surface area (TPSA) is 32.7 Å². The fraction of sp³-hybridized carbons (Fsp3) is 0.700. The number of para-hydroxylation sites is 1. The molecule has 0 amide bonds. The summed E-state index contributed by atoms with van der Waals surface area (Å²) in [6, 6.07) is 8.34. The van der Waals surface area contributed by atoms with E-state index in [4.69, 9.17) is 4.74 Å².